The van der Waals surface area contributed by atoms with Crippen molar-refractivity contribution in [3.8, 4) is 0 Å². The fraction of sp³-hybridized carbons (Fsp3) is 0.750. The molecule has 0 aromatic heterocycles. The summed E-state index contributed by atoms with van der Waals surface area (Å²) in [5.41, 5.74) is 0. The highest BCUT2D eigenvalue weighted by atomic mass is 19.4. The fourth-order valence-electron chi connectivity index (χ4n) is 1.43. The van der Waals surface area contributed by atoms with Crippen LogP contribution in [0.4, 0.5) is 13.2 Å². The smallest absolute Gasteiger partial charge is 0.299 e. The van der Waals surface area contributed by atoms with Crippen LogP contribution in [0.5, 0.6) is 0 Å². The molecule has 13 heavy (non-hydrogen) atoms. The maximum atomic E-state index is 12.2. The highest BCUT2D eigenvalue weighted by molar-refractivity contribution is 6.06. The Balaban J connectivity index is 2.91. The minimum atomic E-state index is -4.71. The first-order chi connectivity index (χ1) is 5.84. The Kier molecular flexibility index (Phi) is 2.45. The van der Waals surface area contributed by atoms with E-state index in [1.165, 1.54) is 6.92 Å². The summed E-state index contributed by atoms with van der Waals surface area (Å²) in [7, 11) is 0. The molecule has 0 saturated heterocycles. The van der Waals surface area contributed by atoms with Crippen LogP contribution in [0.3, 0.4) is 0 Å². The van der Waals surface area contributed by atoms with Crippen molar-refractivity contribution in [1.29, 1.82) is 0 Å². The number of rotatable bonds is 0. The number of hydrogen-bond donors (Lipinski definition) is 0. The summed E-state index contributed by atoms with van der Waals surface area (Å²) >= 11 is 0. The van der Waals surface area contributed by atoms with Gasteiger partial charge in [-0.25, -0.2) is 0 Å². The van der Waals surface area contributed by atoms with Crippen molar-refractivity contribution in [2.24, 2.45) is 11.8 Å². The molecule has 0 heterocycles. The van der Waals surface area contributed by atoms with Crippen LogP contribution >= 0.6 is 0 Å². The molecule has 0 radical (unpaired) electrons. The molecule has 74 valence electrons. The first-order valence-electron chi connectivity index (χ1n) is 3.97. The van der Waals surface area contributed by atoms with Crippen LogP contribution in [0.15, 0.2) is 0 Å². The molecule has 1 aliphatic carbocycles. The number of Topliss-reactive ketones (excluding diaryl/α,β-unsaturated/α-hetero) is 2. The van der Waals surface area contributed by atoms with E-state index in [1.807, 2.05) is 0 Å². The van der Waals surface area contributed by atoms with E-state index in [4.69, 9.17) is 0 Å². The molecule has 0 aliphatic heterocycles. The lowest BCUT2D eigenvalue weighted by atomic mass is 9.80. The van der Waals surface area contributed by atoms with E-state index < -0.39 is 29.6 Å². The quantitative estimate of drug-likeness (QED) is 0.550. The van der Waals surface area contributed by atoms with Gasteiger partial charge in [0.15, 0.2) is 17.5 Å². The first-order valence-corrected chi connectivity index (χ1v) is 3.97. The van der Waals surface area contributed by atoms with Crippen LogP contribution in [0.2, 0.25) is 0 Å². The van der Waals surface area contributed by atoms with Gasteiger partial charge in [-0.15, -0.1) is 0 Å². The van der Waals surface area contributed by atoms with Gasteiger partial charge in [-0.1, -0.05) is 6.92 Å². The van der Waals surface area contributed by atoms with Gasteiger partial charge in [-0.3, -0.25) is 9.59 Å². The molecular formula is C8H9F3O2. The number of hydrogen-bond acceptors (Lipinski definition) is 2. The van der Waals surface area contributed by atoms with Gasteiger partial charge < -0.3 is 0 Å². The summed E-state index contributed by atoms with van der Waals surface area (Å²) in [6, 6.07) is 0. The second-order valence-corrected chi connectivity index (χ2v) is 3.28. The largest absolute Gasteiger partial charge is 0.405 e. The van der Waals surface area contributed by atoms with Gasteiger partial charge in [-0.05, 0) is 6.42 Å². The molecule has 2 unspecified atom stereocenters. The third-order valence-corrected chi connectivity index (χ3v) is 2.24. The van der Waals surface area contributed by atoms with Gasteiger partial charge in [0.2, 0.25) is 0 Å². The summed E-state index contributed by atoms with van der Waals surface area (Å²) in [6.07, 6.45) is -4.61. The zero-order chi connectivity index (χ0) is 10.2. The minimum Gasteiger partial charge on any atom is -0.299 e. The van der Waals surface area contributed by atoms with Crippen LogP contribution < -0.4 is 0 Å². The number of halogens is 3. The van der Waals surface area contributed by atoms with E-state index in [2.05, 4.69) is 0 Å². The van der Waals surface area contributed by atoms with Crippen molar-refractivity contribution in [3.05, 3.63) is 0 Å². The van der Waals surface area contributed by atoms with E-state index in [0.29, 0.717) is 0 Å². The molecular weight excluding hydrogens is 185 g/mol. The van der Waals surface area contributed by atoms with Gasteiger partial charge in [-0.2, -0.15) is 13.2 Å². The van der Waals surface area contributed by atoms with Crippen molar-refractivity contribution >= 4 is 11.6 Å². The standard InChI is InChI=1S/C8H9F3O2/c1-4-2-3-5(12)6(7(4)13)8(9,10)11/h4,6H,2-3H2,1H3. The summed E-state index contributed by atoms with van der Waals surface area (Å²) in [6.45, 7) is 1.42. The molecule has 0 spiro atoms. The first kappa shape index (κ1) is 10.2. The van der Waals surface area contributed by atoms with E-state index in [-0.39, 0.29) is 12.8 Å². The SMILES string of the molecule is CC1CCC(=O)C(C(F)(F)F)C1=O. The third-order valence-electron chi connectivity index (χ3n) is 2.24. The van der Waals surface area contributed by atoms with E-state index in [1.54, 1.807) is 0 Å². The Bertz CT molecular complexity index is 244. The Morgan fingerprint density at radius 1 is 1.31 bits per heavy atom. The van der Waals surface area contributed by atoms with Crippen LogP contribution in [-0.2, 0) is 9.59 Å². The number of carbonyl (C=O) groups is 2. The molecule has 2 nitrogen and oxygen atoms in total. The minimum absolute atomic E-state index is 0.142. The molecule has 0 aromatic rings. The van der Waals surface area contributed by atoms with Crippen LogP contribution in [0.1, 0.15) is 19.8 Å². The van der Waals surface area contributed by atoms with Gasteiger partial charge in [0, 0.05) is 12.3 Å². The third kappa shape index (κ3) is 1.89. The highest BCUT2D eigenvalue weighted by Crippen LogP contribution is 2.35. The Morgan fingerprint density at radius 3 is 2.23 bits per heavy atom. The van der Waals surface area contributed by atoms with Gasteiger partial charge in [0.1, 0.15) is 0 Å². The van der Waals surface area contributed by atoms with E-state index in [0.717, 1.165) is 0 Å². The molecule has 2 atom stereocenters. The van der Waals surface area contributed by atoms with Crippen molar-refractivity contribution in [3.63, 3.8) is 0 Å². The highest BCUT2D eigenvalue weighted by Gasteiger charge is 2.52. The maximum absolute atomic E-state index is 12.2. The average Bonchev–Trinajstić information content (AvgIpc) is 1.95. The second-order valence-electron chi connectivity index (χ2n) is 3.28. The normalized spacial score (nSPS) is 30.8. The van der Waals surface area contributed by atoms with Gasteiger partial charge in [0.05, 0.1) is 0 Å². The zero-order valence-corrected chi connectivity index (χ0v) is 7.02. The number of carbonyl (C=O) groups excluding carboxylic acids is 2. The van der Waals surface area contributed by atoms with Crippen molar-refractivity contribution in [1.82, 2.24) is 0 Å². The maximum Gasteiger partial charge on any atom is 0.405 e. The van der Waals surface area contributed by atoms with E-state index >= 15 is 0 Å². The average molecular weight is 194 g/mol. The lowest BCUT2D eigenvalue weighted by Crippen LogP contribution is -2.43. The molecule has 1 aliphatic rings. The van der Waals surface area contributed by atoms with Crippen molar-refractivity contribution in [2.45, 2.75) is 25.9 Å². The van der Waals surface area contributed by atoms with Gasteiger partial charge >= 0.3 is 6.18 Å². The summed E-state index contributed by atoms with van der Waals surface area (Å²) < 4.78 is 36.5. The molecule has 0 N–H and O–H groups in total. The van der Waals surface area contributed by atoms with Gasteiger partial charge in [0.25, 0.3) is 0 Å². The summed E-state index contributed by atoms with van der Waals surface area (Å²) in [4.78, 5) is 21.9. The molecule has 1 saturated carbocycles. The zero-order valence-electron chi connectivity index (χ0n) is 7.02. The number of ketones is 2. The Morgan fingerprint density at radius 2 is 1.85 bits per heavy atom. The molecule has 0 bridgehead atoms. The topological polar surface area (TPSA) is 34.1 Å². The molecule has 0 aromatic carbocycles. The van der Waals surface area contributed by atoms with Crippen molar-refractivity contribution < 1.29 is 22.8 Å². The monoisotopic (exact) mass is 194 g/mol. The molecule has 0 amide bonds. The van der Waals surface area contributed by atoms with Crippen LogP contribution in [0, 0.1) is 11.8 Å². The summed E-state index contributed by atoms with van der Waals surface area (Å²) in [5, 5.41) is 0. The second kappa shape index (κ2) is 3.12. The lowest BCUT2D eigenvalue weighted by molar-refractivity contribution is -0.189. The van der Waals surface area contributed by atoms with Crippen LogP contribution in [-0.4, -0.2) is 17.7 Å². The fourth-order valence-corrected chi connectivity index (χ4v) is 1.43. The predicted molar refractivity (Wildman–Crippen MR) is 38.0 cm³/mol. The number of alkyl halides is 3. The molecule has 1 rings (SSSR count). The summed E-state index contributed by atoms with van der Waals surface area (Å²) in [5.74, 6) is -4.99. The molecule has 5 heteroatoms. The Hall–Kier alpha value is -0.870. The Labute approximate surface area is 73.1 Å². The van der Waals surface area contributed by atoms with E-state index in [9.17, 15) is 22.8 Å². The van der Waals surface area contributed by atoms with Crippen molar-refractivity contribution in [2.75, 3.05) is 0 Å². The predicted octanol–water partition coefficient (Wildman–Crippen LogP) is 1.73. The van der Waals surface area contributed by atoms with Crippen LogP contribution in [0.25, 0.3) is 0 Å². The lowest BCUT2D eigenvalue weighted by Gasteiger charge is -2.25. The molecule has 1 fully saturated rings.